The van der Waals surface area contributed by atoms with Crippen molar-refractivity contribution in [2.75, 3.05) is 6.61 Å². The van der Waals surface area contributed by atoms with Crippen LogP contribution in [0.5, 0.6) is 0 Å². The number of sulfonamides is 1. The number of hydrogen-bond acceptors (Lipinski definition) is 3. The average molecular weight is 352 g/mol. The van der Waals surface area contributed by atoms with Crippen LogP contribution >= 0.6 is 23.2 Å². The van der Waals surface area contributed by atoms with Gasteiger partial charge in [-0.1, -0.05) is 49.0 Å². The minimum atomic E-state index is -3.83. The maximum absolute atomic E-state index is 12.6. The molecule has 2 rings (SSSR count). The van der Waals surface area contributed by atoms with E-state index in [1.165, 1.54) is 18.2 Å². The van der Waals surface area contributed by atoms with E-state index in [0.717, 1.165) is 12.8 Å². The van der Waals surface area contributed by atoms with E-state index in [2.05, 4.69) is 11.6 Å². The third kappa shape index (κ3) is 3.71. The van der Waals surface area contributed by atoms with E-state index >= 15 is 0 Å². The molecule has 0 heterocycles. The Hall–Kier alpha value is -0.330. The predicted octanol–water partition coefficient (Wildman–Crippen LogP) is 3.21. The van der Waals surface area contributed by atoms with Gasteiger partial charge in [-0.25, -0.2) is 13.1 Å². The monoisotopic (exact) mass is 351 g/mol. The number of halogens is 2. The van der Waals surface area contributed by atoms with Gasteiger partial charge < -0.3 is 5.11 Å². The summed E-state index contributed by atoms with van der Waals surface area (Å²) < 4.78 is 27.8. The first-order chi connectivity index (χ1) is 9.80. The zero-order valence-corrected chi connectivity index (χ0v) is 14.1. The highest BCUT2D eigenvalue weighted by Crippen LogP contribution is 2.35. The minimum absolute atomic E-state index is 0.00335. The smallest absolute Gasteiger partial charge is 0.242 e. The molecule has 0 aromatic heterocycles. The van der Waals surface area contributed by atoms with Gasteiger partial charge in [-0.15, -0.1) is 0 Å². The van der Waals surface area contributed by atoms with Gasteiger partial charge in [0.1, 0.15) is 4.90 Å². The lowest BCUT2D eigenvalue weighted by Crippen LogP contribution is -2.53. The summed E-state index contributed by atoms with van der Waals surface area (Å²) in [4.78, 5) is -0.0530. The molecule has 0 spiro atoms. The summed E-state index contributed by atoms with van der Waals surface area (Å²) in [6, 6.07) is 4.49. The van der Waals surface area contributed by atoms with Crippen LogP contribution in [0.3, 0.4) is 0 Å². The first kappa shape index (κ1) is 17.0. The van der Waals surface area contributed by atoms with Gasteiger partial charge in [0.2, 0.25) is 10.0 Å². The average Bonchev–Trinajstić information content (AvgIpc) is 2.41. The summed E-state index contributed by atoms with van der Waals surface area (Å²) in [6.07, 6.45) is 3.15. The molecule has 2 atom stereocenters. The molecule has 21 heavy (non-hydrogen) atoms. The lowest BCUT2D eigenvalue weighted by atomic mass is 9.78. The van der Waals surface area contributed by atoms with Gasteiger partial charge in [-0.05, 0) is 30.9 Å². The molecule has 1 aromatic rings. The molecule has 0 radical (unpaired) electrons. The lowest BCUT2D eigenvalue weighted by Gasteiger charge is -2.39. The number of benzene rings is 1. The maximum atomic E-state index is 12.6. The molecule has 2 unspecified atom stereocenters. The second-order valence-corrected chi connectivity index (χ2v) is 8.23. The third-order valence-electron chi connectivity index (χ3n) is 3.95. The van der Waals surface area contributed by atoms with Gasteiger partial charge in [0.25, 0.3) is 0 Å². The Balaban J connectivity index is 2.33. The van der Waals surface area contributed by atoms with E-state index in [1.807, 2.05) is 0 Å². The van der Waals surface area contributed by atoms with Gasteiger partial charge in [-0.3, -0.25) is 0 Å². The quantitative estimate of drug-likeness (QED) is 0.874. The van der Waals surface area contributed by atoms with Crippen molar-refractivity contribution in [2.24, 2.45) is 5.92 Å². The fourth-order valence-electron chi connectivity index (χ4n) is 2.96. The molecular formula is C14H19Cl2NO3S. The Kier molecular flexibility index (Phi) is 5.21. The topological polar surface area (TPSA) is 66.4 Å². The first-order valence-corrected chi connectivity index (χ1v) is 9.12. The van der Waals surface area contributed by atoms with Crippen LogP contribution in [0, 0.1) is 5.92 Å². The highest BCUT2D eigenvalue weighted by molar-refractivity contribution is 7.89. The van der Waals surface area contributed by atoms with Crippen LogP contribution in [0.15, 0.2) is 23.1 Å². The molecular weight excluding hydrogens is 333 g/mol. The normalized spacial score (nSPS) is 26.8. The summed E-state index contributed by atoms with van der Waals surface area (Å²) >= 11 is 11.9. The molecule has 0 saturated heterocycles. The van der Waals surface area contributed by atoms with Crippen LogP contribution in [-0.4, -0.2) is 25.7 Å². The van der Waals surface area contributed by atoms with Crippen molar-refractivity contribution < 1.29 is 13.5 Å². The van der Waals surface area contributed by atoms with Crippen molar-refractivity contribution in [1.82, 2.24) is 4.72 Å². The zero-order chi connectivity index (χ0) is 15.7. The second-order valence-electron chi connectivity index (χ2n) is 5.80. The fraction of sp³-hybridized carbons (Fsp3) is 0.571. The van der Waals surface area contributed by atoms with Crippen LogP contribution in [0.2, 0.25) is 10.0 Å². The van der Waals surface area contributed by atoms with Crippen molar-refractivity contribution in [3.63, 3.8) is 0 Å². The van der Waals surface area contributed by atoms with Crippen LogP contribution in [0.25, 0.3) is 0 Å². The second kappa shape index (κ2) is 6.42. The standard InChI is InChI=1S/C14H19Cl2NO3S/c1-10-4-3-7-14(8-10,9-18)17-21(19,20)12-6-2-5-11(15)13(12)16/h2,5-6,10,17-18H,3-4,7-9H2,1H3. The van der Waals surface area contributed by atoms with Crippen LogP contribution < -0.4 is 4.72 Å². The van der Waals surface area contributed by atoms with E-state index < -0.39 is 15.6 Å². The molecule has 0 aliphatic heterocycles. The minimum Gasteiger partial charge on any atom is -0.394 e. The predicted molar refractivity (Wildman–Crippen MR) is 84.2 cm³/mol. The Morgan fingerprint density at radius 1 is 1.43 bits per heavy atom. The molecule has 0 amide bonds. The molecule has 7 heteroatoms. The van der Waals surface area contributed by atoms with Crippen molar-refractivity contribution in [3.8, 4) is 0 Å². The third-order valence-corrected chi connectivity index (χ3v) is 6.50. The maximum Gasteiger partial charge on any atom is 0.242 e. The van der Waals surface area contributed by atoms with Gasteiger partial charge in [0.05, 0.1) is 22.2 Å². The van der Waals surface area contributed by atoms with Crippen LogP contribution in [0.4, 0.5) is 0 Å². The Morgan fingerprint density at radius 3 is 2.76 bits per heavy atom. The van der Waals surface area contributed by atoms with Gasteiger partial charge in [-0.2, -0.15) is 0 Å². The number of nitrogens with one attached hydrogen (secondary N) is 1. The molecule has 1 fully saturated rings. The Bertz CT molecular complexity index is 621. The lowest BCUT2D eigenvalue weighted by molar-refractivity contribution is 0.120. The van der Waals surface area contributed by atoms with Crippen LogP contribution in [0.1, 0.15) is 32.6 Å². The van der Waals surface area contributed by atoms with Gasteiger partial charge >= 0.3 is 0 Å². The Morgan fingerprint density at radius 2 is 2.14 bits per heavy atom. The summed E-state index contributed by atoms with van der Waals surface area (Å²) in [6.45, 7) is 1.83. The molecule has 1 aliphatic carbocycles. The summed E-state index contributed by atoms with van der Waals surface area (Å²) in [7, 11) is -3.83. The summed E-state index contributed by atoms with van der Waals surface area (Å²) in [5.74, 6) is 0.364. The van der Waals surface area contributed by atoms with E-state index in [4.69, 9.17) is 23.2 Å². The van der Waals surface area contributed by atoms with E-state index in [1.54, 1.807) is 0 Å². The summed E-state index contributed by atoms with van der Waals surface area (Å²) in [5, 5.41) is 9.90. The Labute approximate surface area is 135 Å². The number of rotatable bonds is 4. The van der Waals surface area contributed by atoms with Crippen molar-refractivity contribution >= 4 is 33.2 Å². The zero-order valence-electron chi connectivity index (χ0n) is 11.8. The first-order valence-electron chi connectivity index (χ1n) is 6.88. The van der Waals surface area contributed by atoms with Gasteiger partial charge in [0, 0.05) is 0 Å². The fourth-order valence-corrected chi connectivity index (χ4v) is 5.16. The van der Waals surface area contributed by atoms with E-state index in [-0.39, 0.29) is 21.5 Å². The number of aliphatic hydroxyl groups excluding tert-OH is 1. The van der Waals surface area contributed by atoms with Crippen LogP contribution in [-0.2, 0) is 10.0 Å². The molecule has 2 N–H and O–H groups in total. The number of aliphatic hydroxyl groups is 1. The molecule has 1 saturated carbocycles. The van der Waals surface area contributed by atoms with Crippen molar-refractivity contribution in [1.29, 1.82) is 0 Å². The molecule has 4 nitrogen and oxygen atoms in total. The highest BCUT2D eigenvalue weighted by Gasteiger charge is 2.38. The SMILES string of the molecule is CC1CCCC(CO)(NS(=O)(=O)c2cccc(Cl)c2Cl)C1. The van der Waals surface area contributed by atoms with Crippen molar-refractivity contribution in [2.45, 2.75) is 43.0 Å². The van der Waals surface area contributed by atoms with E-state index in [0.29, 0.717) is 18.8 Å². The molecule has 1 aliphatic rings. The van der Waals surface area contributed by atoms with Gasteiger partial charge in [0.15, 0.2) is 0 Å². The molecule has 118 valence electrons. The van der Waals surface area contributed by atoms with E-state index in [9.17, 15) is 13.5 Å². The summed E-state index contributed by atoms with van der Waals surface area (Å²) in [5.41, 5.74) is -0.817. The van der Waals surface area contributed by atoms with Crippen molar-refractivity contribution in [3.05, 3.63) is 28.2 Å². The molecule has 1 aromatic carbocycles. The highest BCUT2D eigenvalue weighted by atomic mass is 35.5. The number of hydrogen-bond donors (Lipinski definition) is 2. The largest absolute Gasteiger partial charge is 0.394 e. The molecule has 0 bridgehead atoms.